The highest BCUT2D eigenvalue weighted by atomic mass is 35.5. The lowest BCUT2D eigenvalue weighted by molar-refractivity contribution is 0.614. The summed E-state index contributed by atoms with van der Waals surface area (Å²) >= 11 is 0. The SMILES string of the molecule is CN1CCC(N)c2ccccc21.Cl. The molecular formula is C10H15ClN2. The Morgan fingerprint density at radius 2 is 2.08 bits per heavy atom. The number of rotatable bonds is 0. The van der Waals surface area contributed by atoms with E-state index in [1.165, 1.54) is 11.3 Å². The molecule has 1 aromatic rings. The zero-order valence-electron chi connectivity index (χ0n) is 7.73. The van der Waals surface area contributed by atoms with Gasteiger partial charge in [0, 0.05) is 25.3 Å². The second kappa shape index (κ2) is 3.99. The number of anilines is 1. The number of hydrogen-bond acceptors (Lipinski definition) is 2. The first-order valence-electron chi connectivity index (χ1n) is 4.34. The molecule has 1 heterocycles. The van der Waals surface area contributed by atoms with Crippen LogP contribution >= 0.6 is 12.4 Å². The van der Waals surface area contributed by atoms with Crippen LogP contribution in [-0.2, 0) is 0 Å². The van der Waals surface area contributed by atoms with Crippen LogP contribution in [0.2, 0.25) is 0 Å². The molecular weight excluding hydrogens is 184 g/mol. The smallest absolute Gasteiger partial charge is 0.0412 e. The third-order valence-corrected chi connectivity index (χ3v) is 2.52. The van der Waals surface area contributed by atoms with Crippen molar-refractivity contribution in [3.8, 4) is 0 Å². The van der Waals surface area contributed by atoms with Gasteiger partial charge in [0.2, 0.25) is 0 Å². The molecule has 0 radical (unpaired) electrons. The summed E-state index contributed by atoms with van der Waals surface area (Å²) in [6.07, 6.45) is 1.06. The van der Waals surface area contributed by atoms with Crippen LogP contribution in [0.3, 0.4) is 0 Å². The zero-order chi connectivity index (χ0) is 8.55. The topological polar surface area (TPSA) is 29.3 Å². The zero-order valence-corrected chi connectivity index (χ0v) is 8.55. The van der Waals surface area contributed by atoms with Crippen molar-refractivity contribution in [2.24, 2.45) is 5.73 Å². The molecule has 2 N–H and O–H groups in total. The van der Waals surface area contributed by atoms with Crippen molar-refractivity contribution < 1.29 is 0 Å². The Hall–Kier alpha value is -0.730. The Morgan fingerprint density at radius 1 is 1.38 bits per heavy atom. The average Bonchev–Trinajstić information content (AvgIpc) is 2.12. The first-order valence-corrected chi connectivity index (χ1v) is 4.34. The summed E-state index contributed by atoms with van der Waals surface area (Å²) in [4.78, 5) is 2.26. The van der Waals surface area contributed by atoms with E-state index >= 15 is 0 Å². The van der Waals surface area contributed by atoms with Crippen molar-refractivity contribution in [3.05, 3.63) is 29.8 Å². The normalized spacial score (nSPS) is 20.5. The minimum atomic E-state index is 0. The van der Waals surface area contributed by atoms with E-state index in [-0.39, 0.29) is 18.4 Å². The van der Waals surface area contributed by atoms with Gasteiger partial charge >= 0.3 is 0 Å². The van der Waals surface area contributed by atoms with Gasteiger partial charge in [0.25, 0.3) is 0 Å². The van der Waals surface area contributed by atoms with E-state index in [4.69, 9.17) is 5.73 Å². The second-order valence-electron chi connectivity index (χ2n) is 3.38. The molecule has 0 bridgehead atoms. The van der Waals surface area contributed by atoms with Crippen molar-refractivity contribution in [2.45, 2.75) is 12.5 Å². The maximum absolute atomic E-state index is 5.98. The van der Waals surface area contributed by atoms with Gasteiger partial charge in [-0.15, -0.1) is 12.4 Å². The molecule has 0 amide bonds. The summed E-state index contributed by atoms with van der Waals surface area (Å²) in [6.45, 7) is 1.07. The van der Waals surface area contributed by atoms with Crippen molar-refractivity contribution in [2.75, 3.05) is 18.5 Å². The van der Waals surface area contributed by atoms with Crippen LogP contribution in [0, 0.1) is 0 Å². The molecule has 0 fully saturated rings. The number of halogens is 1. The Balaban J connectivity index is 0.000000845. The lowest BCUT2D eigenvalue weighted by Crippen LogP contribution is -2.30. The van der Waals surface area contributed by atoms with E-state index in [0.29, 0.717) is 0 Å². The van der Waals surface area contributed by atoms with E-state index in [1.807, 2.05) is 0 Å². The fourth-order valence-electron chi connectivity index (χ4n) is 1.76. The van der Waals surface area contributed by atoms with Crippen molar-refractivity contribution >= 4 is 18.1 Å². The lowest BCUT2D eigenvalue weighted by atomic mass is 9.98. The van der Waals surface area contributed by atoms with Crippen LogP contribution in [0.25, 0.3) is 0 Å². The molecule has 1 aliphatic rings. The van der Waals surface area contributed by atoms with E-state index in [9.17, 15) is 0 Å². The summed E-state index contributed by atoms with van der Waals surface area (Å²) in [6, 6.07) is 8.60. The number of nitrogens with two attached hydrogens (primary N) is 1. The number of para-hydroxylation sites is 1. The third-order valence-electron chi connectivity index (χ3n) is 2.52. The predicted molar refractivity (Wildman–Crippen MR) is 58.5 cm³/mol. The predicted octanol–water partition coefficient (Wildman–Crippen LogP) is 1.95. The minimum Gasteiger partial charge on any atom is -0.374 e. The van der Waals surface area contributed by atoms with Gasteiger partial charge in [0.15, 0.2) is 0 Å². The van der Waals surface area contributed by atoms with Gasteiger partial charge in [0.05, 0.1) is 0 Å². The fraction of sp³-hybridized carbons (Fsp3) is 0.400. The Morgan fingerprint density at radius 3 is 2.77 bits per heavy atom. The van der Waals surface area contributed by atoms with Gasteiger partial charge in [-0.1, -0.05) is 18.2 Å². The molecule has 0 saturated carbocycles. The standard InChI is InChI=1S/C10H14N2.ClH/c1-12-7-6-9(11)8-4-2-3-5-10(8)12;/h2-5,9H,6-7,11H2,1H3;1H. The van der Waals surface area contributed by atoms with E-state index in [2.05, 4.69) is 36.2 Å². The third kappa shape index (κ3) is 1.79. The quantitative estimate of drug-likeness (QED) is 0.691. The molecule has 1 atom stereocenters. The summed E-state index contributed by atoms with van der Waals surface area (Å²) in [7, 11) is 2.12. The molecule has 1 aliphatic heterocycles. The van der Waals surface area contributed by atoms with Gasteiger partial charge in [-0.05, 0) is 18.1 Å². The Bertz CT molecular complexity index is 259. The number of fused-ring (bicyclic) bond motifs is 1. The maximum atomic E-state index is 5.98. The van der Waals surface area contributed by atoms with Crippen LogP contribution in [0.4, 0.5) is 5.69 Å². The molecule has 0 aromatic heterocycles. The first-order chi connectivity index (χ1) is 5.79. The minimum absolute atomic E-state index is 0. The van der Waals surface area contributed by atoms with Crippen molar-refractivity contribution in [3.63, 3.8) is 0 Å². The molecule has 3 heteroatoms. The molecule has 0 saturated heterocycles. The highest BCUT2D eigenvalue weighted by Crippen LogP contribution is 2.30. The molecule has 0 spiro atoms. The van der Waals surface area contributed by atoms with Crippen LogP contribution in [0.1, 0.15) is 18.0 Å². The Labute approximate surface area is 85.1 Å². The molecule has 2 rings (SSSR count). The Kier molecular flexibility index (Phi) is 3.17. The van der Waals surface area contributed by atoms with Crippen LogP contribution in [0.15, 0.2) is 24.3 Å². The van der Waals surface area contributed by atoms with Gasteiger partial charge in [-0.2, -0.15) is 0 Å². The fourth-order valence-corrected chi connectivity index (χ4v) is 1.76. The van der Waals surface area contributed by atoms with Crippen LogP contribution in [-0.4, -0.2) is 13.6 Å². The molecule has 1 aromatic carbocycles. The molecule has 72 valence electrons. The van der Waals surface area contributed by atoms with Gasteiger partial charge in [0.1, 0.15) is 0 Å². The lowest BCUT2D eigenvalue weighted by Gasteiger charge is -2.31. The van der Waals surface area contributed by atoms with Crippen molar-refractivity contribution in [1.29, 1.82) is 0 Å². The van der Waals surface area contributed by atoms with Crippen LogP contribution < -0.4 is 10.6 Å². The largest absolute Gasteiger partial charge is 0.374 e. The summed E-state index contributed by atoms with van der Waals surface area (Å²) in [5.74, 6) is 0. The first kappa shape index (κ1) is 10.4. The van der Waals surface area contributed by atoms with Gasteiger partial charge < -0.3 is 10.6 Å². The highest BCUT2D eigenvalue weighted by Gasteiger charge is 2.18. The van der Waals surface area contributed by atoms with Gasteiger partial charge in [-0.3, -0.25) is 0 Å². The van der Waals surface area contributed by atoms with Crippen LogP contribution in [0.5, 0.6) is 0 Å². The summed E-state index contributed by atoms with van der Waals surface area (Å²) < 4.78 is 0. The highest BCUT2D eigenvalue weighted by molar-refractivity contribution is 5.85. The molecule has 13 heavy (non-hydrogen) atoms. The van der Waals surface area contributed by atoms with E-state index in [1.54, 1.807) is 0 Å². The van der Waals surface area contributed by atoms with Crippen molar-refractivity contribution in [1.82, 2.24) is 0 Å². The van der Waals surface area contributed by atoms with E-state index in [0.717, 1.165) is 13.0 Å². The summed E-state index contributed by atoms with van der Waals surface area (Å²) in [5, 5.41) is 0. The summed E-state index contributed by atoms with van der Waals surface area (Å²) in [5.41, 5.74) is 8.55. The average molecular weight is 199 g/mol. The second-order valence-corrected chi connectivity index (χ2v) is 3.38. The number of benzene rings is 1. The maximum Gasteiger partial charge on any atom is 0.0412 e. The van der Waals surface area contributed by atoms with E-state index < -0.39 is 0 Å². The number of nitrogens with zero attached hydrogens (tertiary/aromatic N) is 1. The number of hydrogen-bond donors (Lipinski definition) is 1. The molecule has 2 nitrogen and oxygen atoms in total. The monoisotopic (exact) mass is 198 g/mol. The molecule has 1 unspecified atom stereocenters. The van der Waals surface area contributed by atoms with Gasteiger partial charge in [-0.25, -0.2) is 0 Å². The molecule has 0 aliphatic carbocycles.